The Bertz CT molecular complexity index is 956. The van der Waals surface area contributed by atoms with Gasteiger partial charge in [-0.1, -0.05) is 24.2 Å². The van der Waals surface area contributed by atoms with Crippen LogP contribution in [0.2, 0.25) is 0 Å². The van der Waals surface area contributed by atoms with Crippen molar-refractivity contribution >= 4 is 16.3 Å². The first kappa shape index (κ1) is 18.2. The number of aromatic hydroxyl groups is 1. The third-order valence-electron chi connectivity index (χ3n) is 4.88. The van der Waals surface area contributed by atoms with Crippen molar-refractivity contribution in [2.45, 2.75) is 38.6 Å². The summed E-state index contributed by atoms with van der Waals surface area (Å²) in [5.41, 5.74) is 0.268. The van der Waals surface area contributed by atoms with Gasteiger partial charge < -0.3 is 5.11 Å². The van der Waals surface area contributed by atoms with Crippen LogP contribution < -0.4 is 0 Å². The van der Waals surface area contributed by atoms with E-state index >= 15 is 0 Å². The Kier molecular flexibility index (Phi) is 4.81. The van der Waals surface area contributed by atoms with E-state index in [9.17, 15) is 18.3 Å². The van der Waals surface area contributed by atoms with Gasteiger partial charge in [-0.05, 0) is 50.6 Å². The van der Waals surface area contributed by atoms with E-state index in [1.54, 1.807) is 6.92 Å². The zero-order valence-corrected chi connectivity index (χ0v) is 15.6. The molecule has 0 unspecified atom stereocenters. The Hall–Kier alpha value is -2.13. The second-order valence-electron chi connectivity index (χ2n) is 6.79. The van der Waals surface area contributed by atoms with Crippen LogP contribution in [0, 0.1) is 24.4 Å². The topological polar surface area (TPSA) is 53.7 Å². The Balaban J connectivity index is 1.86. The van der Waals surface area contributed by atoms with Crippen LogP contribution >= 0.6 is 11.3 Å². The average molecular weight is 396 g/mol. The fourth-order valence-electron chi connectivity index (χ4n) is 3.64. The first-order valence-corrected chi connectivity index (χ1v) is 9.71. The average Bonchev–Trinajstić information content (AvgIpc) is 2.99. The van der Waals surface area contributed by atoms with Crippen LogP contribution in [0.4, 0.5) is 13.2 Å². The quantitative estimate of drug-likeness (QED) is 0.675. The van der Waals surface area contributed by atoms with Crippen molar-refractivity contribution in [2.75, 3.05) is 13.1 Å². The summed E-state index contributed by atoms with van der Waals surface area (Å²) in [6.45, 7) is 3.16. The first-order valence-electron chi connectivity index (χ1n) is 8.89. The summed E-state index contributed by atoms with van der Waals surface area (Å²) in [6, 6.07) is 1.42. The monoisotopic (exact) mass is 396 g/mol. The Labute approximate surface area is 158 Å². The molecule has 1 aromatic carbocycles. The second-order valence-corrected chi connectivity index (χ2v) is 7.80. The lowest BCUT2D eigenvalue weighted by Crippen LogP contribution is -2.30. The molecule has 0 spiro atoms. The fraction of sp³-hybridized carbons (Fsp3) is 0.444. The number of halogens is 3. The fourth-order valence-corrected chi connectivity index (χ4v) is 4.80. The molecule has 1 saturated heterocycles. The van der Waals surface area contributed by atoms with Gasteiger partial charge >= 0.3 is 0 Å². The van der Waals surface area contributed by atoms with Crippen LogP contribution in [0.25, 0.3) is 4.96 Å². The van der Waals surface area contributed by atoms with E-state index in [0.717, 1.165) is 50.9 Å². The summed E-state index contributed by atoms with van der Waals surface area (Å²) in [5, 5.41) is 14.9. The Morgan fingerprint density at radius 3 is 2.30 bits per heavy atom. The van der Waals surface area contributed by atoms with Crippen LogP contribution in [-0.4, -0.2) is 37.7 Å². The predicted molar refractivity (Wildman–Crippen MR) is 95.5 cm³/mol. The van der Waals surface area contributed by atoms with Crippen LogP contribution in [-0.2, 0) is 0 Å². The molecule has 1 aliphatic heterocycles. The molecule has 0 bridgehead atoms. The first-order chi connectivity index (χ1) is 13.0. The van der Waals surface area contributed by atoms with Gasteiger partial charge in [0.05, 0.1) is 10.9 Å². The van der Waals surface area contributed by atoms with E-state index in [4.69, 9.17) is 0 Å². The maximum absolute atomic E-state index is 13.9. The Morgan fingerprint density at radius 2 is 1.70 bits per heavy atom. The van der Waals surface area contributed by atoms with E-state index in [0.29, 0.717) is 15.7 Å². The van der Waals surface area contributed by atoms with Gasteiger partial charge in [0.25, 0.3) is 0 Å². The van der Waals surface area contributed by atoms with Crippen molar-refractivity contribution in [3.63, 3.8) is 0 Å². The SMILES string of the molecule is Cc1nc2sc([C@H](c3cc(F)c(F)c(F)c3)N3CCCCCC3)c(O)n2n1. The summed E-state index contributed by atoms with van der Waals surface area (Å²) in [4.78, 5) is 7.35. The van der Waals surface area contributed by atoms with Crippen LogP contribution in [0.5, 0.6) is 5.88 Å². The lowest BCUT2D eigenvalue weighted by molar-refractivity contribution is 0.231. The van der Waals surface area contributed by atoms with Gasteiger partial charge in [-0.3, -0.25) is 4.90 Å². The molecule has 0 radical (unpaired) electrons. The van der Waals surface area contributed by atoms with Crippen LogP contribution in [0.1, 0.15) is 48.0 Å². The molecule has 5 nitrogen and oxygen atoms in total. The minimum Gasteiger partial charge on any atom is -0.492 e. The van der Waals surface area contributed by atoms with Gasteiger partial charge in [-0.2, -0.15) is 4.52 Å². The summed E-state index contributed by atoms with van der Waals surface area (Å²) in [6.07, 6.45) is 4.05. The molecule has 1 aliphatic rings. The zero-order chi connectivity index (χ0) is 19.1. The number of thiazole rings is 1. The molecule has 9 heteroatoms. The number of hydrogen-bond donors (Lipinski definition) is 1. The summed E-state index contributed by atoms with van der Waals surface area (Å²) >= 11 is 1.22. The number of nitrogens with zero attached hydrogens (tertiary/aromatic N) is 4. The van der Waals surface area contributed by atoms with E-state index in [1.807, 2.05) is 0 Å². The number of rotatable bonds is 3. The number of aromatic nitrogens is 3. The number of benzene rings is 1. The highest BCUT2D eigenvalue weighted by Crippen LogP contribution is 2.41. The molecule has 0 saturated carbocycles. The molecule has 1 atom stereocenters. The minimum absolute atomic E-state index is 0.102. The third-order valence-corrected chi connectivity index (χ3v) is 5.95. The van der Waals surface area contributed by atoms with Crippen LogP contribution in [0.3, 0.4) is 0 Å². The highest BCUT2D eigenvalue weighted by atomic mass is 32.1. The molecular weight excluding hydrogens is 377 g/mol. The van der Waals surface area contributed by atoms with Gasteiger partial charge in [0.15, 0.2) is 17.5 Å². The number of likely N-dealkylation sites (tertiary alicyclic amines) is 1. The lowest BCUT2D eigenvalue weighted by atomic mass is 10.0. The molecule has 3 aromatic rings. The standard InChI is InChI=1S/C18H19F3N4OS/c1-10-22-18-25(23-10)17(26)16(27-18)15(24-6-4-2-3-5-7-24)11-8-12(19)14(21)13(20)9-11/h8-9,15,26H,2-7H2,1H3/t15-/m0/s1. The maximum Gasteiger partial charge on any atom is 0.230 e. The summed E-state index contributed by atoms with van der Waals surface area (Å²) < 4.78 is 42.7. The number of fused-ring (bicyclic) bond motifs is 1. The molecular formula is C18H19F3N4OS. The smallest absolute Gasteiger partial charge is 0.230 e. The Morgan fingerprint density at radius 1 is 1.07 bits per heavy atom. The number of aryl methyl sites for hydroxylation is 1. The molecule has 1 fully saturated rings. The normalized spacial score (nSPS) is 17.3. The van der Waals surface area contributed by atoms with Crippen molar-refractivity contribution in [1.82, 2.24) is 19.5 Å². The molecule has 4 rings (SSSR count). The largest absolute Gasteiger partial charge is 0.492 e. The second kappa shape index (κ2) is 7.12. The van der Waals surface area contributed by atoms with E-state index in [2.05, 4.69) is 15.0 Å². The third kappa shape index (κ3) is 3.29. The van der Waals surface area contributed by atoms with Gasteiger partial charge in [0.2, 0.25) is 10.8 Å². The molecule has 3 heterocycles. The molecule has 0 aliphatic carbocycles. The molecule has 144 valence electrons. The lowest BCUT2D eigenvalue weighted by Gasteiger charge is -2.30. The van der Waals surface area contributed by atoms with Crippen molar-refractivity contribution in [3.05, 3.63) is 45.8 Å². The highest BCUT2D eigenvalue weighted by molar-refractivity contribution is 7.17. The molecule has 0 amide bonds. The van der Waals surface area contributed by atoms with Crippen molar-refractivity contribution in [2.24, 2.45) is 0 Å². The molecule has 1 N–H and O–H groups in total. The predicted octanol–water partition coefficient (Wildman–Crippen LogP) is 4.19. The zero-order valence-electron chi connectivity index (χ0n) is 14.8. The minimum atomic E-state index is -1.49. The summed E-state index contributed by atoms with van der Waals surface area (Å²) in [7, 11) is 0. The van der Waals surface area contributed by atoms with Crippen LogP contribution in [0.15, 0.2) is 12.1 Å². The van der Waals surface area contributed by atoms with Gasteiger partial charge in [-0.15, -0.1) is 5.10 Å². The maximum atomic E-state index is 13.9. The highest BCUT2D eigenvalue weighted by Gasteiger charge is 2.31. The van der Waals surface area contributed by atoms with E-state index in [1.165, 1.54) is 15.9 Å². The molecule has 27 heavy (non-hydrogen) atoms. The van der Waals surface area contributed by atoms with Gasteiger partial charge in [0.1, 0.15) is 5.82 Å². The molecule has 2 aromatic heterocycles. The number of hydrogen-bond acceptors (Lipinski definition) is 5. The van der Waals surface area contributed by atoms with Crippen molar-refractivity contribution in [1.29, 1.82) is 0 Å². The van der Waals surface area contributed by atoms with Crippen molar-refractivity contribution < 1.29 is 18.3 Å². The van der Waals surface area contributed by atoms with Gasteiger partial charge in [-0.25, -0.2) is 18.2 Å². The van der Waals surface area contributed by atoms with Gasteiger partial charge in [0, 0.05) is 0 Å². The van der Waals surface area contributed by atoms with Crippen molar-refractivity contribution in [3.8, 4) is 5.88 Å². The van der Waals surface area contributed by atoms with E-state index in [-0.39, 0.29) is 11.4 Å². The summed E-state index contributed by atoms with van der Waals surface area (Å²) in [5.74, 6) is -3.54. The van der Waals surface area contributed by atoms with E-state index < -0.39 is 23.5 Å².